The van der Waals surface area contributed by atoms with Gasteiger partial charge in [0.25, 0.3) is 0 Å². The van der Waals surface area contributed by atoms with Crippen LogP contribution in [0.4, 0.5) is 9.18 Å². The summed E-state index contributed by atoms with van der Waals surface area (Å²) in [5.74, 6) is 0.211. The van der Waals surface area contributed by atoms with Gasteiger partial charge >= 0.3 is 6.09 Å². The maximum absolute atomic E-state index is 13.6. The second-order valence-corrected chi connectivity index (χ2v) is 7.04. The lowest BCUT2D eigenvalue weighted by Crippen LogP contribution is -2.53. The quantitative estimate of drug-likeness (QED) is 0.670. The normalized spacial score (nSPS) is 16.1. The molecule has 1 saturated heterocycles. The molecule has 0 aromatic heterocycles. The van der Waals surface area contributed by atoms with Crippen molar-refractivity contribution in [3.05, 3.63) is 35.6 Å². The summed E-state index contributed by atoms with van der Waals surface area (Å²) < 4.78 is 18.9. The van der Waals surface area contributed by atoms with Crippen molar-refractivity contribution in [1.29, 1.82) is 0 Å². The Balaban J connectivity index is 1.79. The zero-order chi connectivity index (χ0) is 18.4. The van der Waals surface area contributed by atoms with Crippen molar-refractivity contribution in [3.63, 3.8) is 0 Å². The fourth-order valence-electron chi connectivity index (χ4n) is 2.54. The molecule has 1 fully saturated rings. The summed E-state index contributed by atoms with van der Waals surface area (Å²) in [6, 6.07) is 6.67. The lowest BCUT2D eigenvalue weighted by molar-refractivity contribution is 0.0186. The first-order valence-electron chi connectivity index (χ1n) is 8.52. The summed E-state index contributed by atoms with van der Waals surface area (Å²) in [4.78, 5) is 20.0. The van der Waals surface area contributed by atoms with E-state index in [9.17, 15) is 9.18 Å². The SMILES string of the molecule is CC(C)(C)OC(=O)N1CCN(C(N)=NCCc2ccccc2F)CC1. The minimum atomic E-state index is -0.499. The highest BCUT2D eigenvalue weighted by molar-refractivity contribution is 5.78. The van der Waals surface area contributed by atoms with E-state index in [0.717, 1.165) is 0 Å². The monoisotopic (exact) mass is 350 g/mol. The summed E-state index contributed by atoms with van der Waals surface area (Å²) in [6.45, 7) is 8.27. The minimum absolute atomic E-state index is 0.220. The van der Waals surface area contributed by atoms with E-state index in [-0.39, 0.29) is 11.9 Å². The van der Waals surface area contributed by atoms with Crippen molar-refractivity contribution in [2.45, 2.75) is 32.8 Å². The Hall–Kier alpha value is -2.31. The average Bonchev–Trinajstić information content (AvgIpc) is 2.55. The maximum Gasteiger partial charge on any atom is 0.410 e. The van der Waals surface area contributed by atoms with Crippen LogP contribution in [0.3, 0.4) is 0 Å². The number of aliphatic imine (C=N–C) groups is 1. The van der Waals surface area contributed by atoms with Crippen LogP contribution >= 0.6 is 0 Å². The van der Waals surface area contributed by atoms with Crippen molar-refractivity contribution in [2.24, 2.45) is 10.7 Å². The molecule has 2 N–H and O–H groups in total. The van der Waals surface area contributed by atoms with Crippen LogP contribution in [0.1, 0.15) is 26.3 Å². The minimum Gasteiger partial charge on any atom is -0.444 e. The third kappa shape index (κ3) is 5.92. The van der Waals surface area contributed by atoms with Gasteiger partial charge in [-0.15, -0.1) is 0 Å². The first-order chi connectivity index (χ1) is 11.8. The molecule has 2 rings (SSSR count). The summed E-state index contributed by atoms with van der Waals surface area (Å²) in [6.07, 6.45) is 0.202. The molecule has 1 heterocycles. The Morgan fingerprint density at radius 3 is 2.40 bits per heavy atom. The number of halogens is 1. The molecule has 0 aliphatic carbocycles. The van der Waals surface area contributed by atoms with Gasteiger partial charge in [0, 0.05) is 32.7 Å². The van der Waals surface area contributed by atoms with Gasteiger partial charge in [-0.2, -0.15) is 0 Å². The summed E-state index contributed by atoms with van der Waals surface area (Å²) in [7, 11) is 0. The van der Waals surface area contributed by atoms with Gasteiger partial charge in [-0.1, -0.05) is 18.2 Å². The average molecular weight is 350 g/mol. The van der Waals surface area contributed by atoms with Gasteiger partial charge in [0.05, 0.1) is 0 Å². The van der Waals surface area contributed by atoms with Gasteiger partial charge in [-0.3, -0.25) is 4.99 Å². The van der Waals surface area contributed by atoms with Gasteiger partial charge in [0.15, 0.2) is 5.96 Å². The molecular formula is C18H27FN4O2. The van der Waals surface area contributed by atoms with Gasteiger partial charge in [-0.25, -0.2) is 9.18 Å². The molecule has 6 nitrogen and oxygen atoms in total. The van der Waals surface area contributed by atoms with E-state index in [1.54, 1.807) is 23.1 Å². The van der Waals surface area contributed by atoms with Crippen molar-refractivity contribution in [1.82, 2.24) is 9.80 Å². The zero-order valence-corrected chi connectivity index (χ0v) is 15.2. The molecule has 0 bridgehead atoms. The number of ether oxygens (including phenoxy) is 1. The zero-order valence-electron chi connectivity index (χ0n) is 15.2. The number of carbonyl (C=O) groups is 1. The Morgan fingerprint density at radius 2 is 1.80 bits per heavy atom. The lowest BCUT2D eigenvalue weighted by atomic mass is 10.1. The molecule has 0 unspecified atom stereocenters. The fourth-order valence-corrected chi connectivity index (χ4v) is 2.54. The number of nitrogens with two attached hydrogens (primary N) is 1. The van der Waals surface area contributed by atoms with E-state index in [2.05, 4.69) is 4.99 Å². The van der Waals surface area contributed by atoms with E-state index >= 15 is 0 Å². The summed E-state index contributed by atoms with van der Waals surface area (Å²) in [5.41, 5.74) is 6.16. The number of hydrogen-bond acceptors (Lipinski definition) is 3. The summed E-state index contributed by atoms with van der Waals surface area (Å²) >= 11 is 0. The third-order valence-electron chi connectivity index (χ3n) is 3.87. The Kier molecular flexibility index (Phi) is 6.22. The van der Waals surface area contributed by atoms with Gasteiger partial charge in [-0.05, 0) is 38.8 Å². The van der Waals surface area contributed by atoms with E-state index in [1.165, 1.54) is 6.07 Å². The number of benzene rings is 1. The molecule has 0 atom stereocenters. The fraction of sp³-hybridized carbons (Fsp3) is 0.556. The largest absolute Gasteiger partial charge is 0.444 e. The number of hydrogen-bond donors (Lipinski definition) is 1. The molecule has 1 amide bonds. The van der Waals surface area contributed by atoms with Crippen LogP contribution in [-0.2, 0) is 11.2 Å². The standard InChI is InChI=1S/C18H27FN4O2/c1-18(2,3)25-17(24)23-12-10-22(11-13-23)16(20)21-9-8-14-6-4-5-7-15(14)19/h4-7H,8-13H2,1-3H3,(H2,20,21). The van der Waals surface area contributed by atoms with Gasteiger partial charge in [0.2, 0.25) is 0 Å². The second-order valence-electron chi connectivity index (χ2n) is 7.04. The highest BCUT2D eigenvalue weighted by Gasteiger charge is 2.26. The number of piperazine rings is 1. The first kappa shape index (κ1) is 19.0. The maximum atomic E-state index is 13.6. The molecule has 0 saturated carbocycles. The third-order valence-corrected chi connectivity index (χ3v) is 3.87. The molecule has 1 aliphatic rings. The van der Waals surface area contributed by atoms with E-state index in [0.29, 0.717) is 50.7 Å². The van der Waals surface area contributed by atoms with Crippen LogP contribution in [0, 0.1) is 5.82 Å². The number of nitrogens with zero attached hydrogens (tertiary/aromatic N) is 3. The van der Waals surface area contributed by atoms with E-state index in [4.69, 9.17) is 10.5 Å². The number of guanidine groups is 1. The molecule has 0 radical (unpaired) electrons. The predicted molar refractivity (Wildman–Crippen MR) is 96.0 cm³/mol. The predicted octanol–water partition coefficient (Wildman–Crippen LogP) is 2.24. The Labute approximate surface area is 148 Å². The van der Waals surface area contributed by atoms with Crippen molar-refractivity contribution < 1.29 is 13.9 Å². The molecule has 1 aliphatic heterocycles. The first-order valence-corrected chi connectivity index (χ1v) is 8.52. The number of rotatable bonds is 3. The van der Waals surface area contributed by atoms with Crippen LogP contribution in [-0.4, -0.2) is 60.2 Å². The van der Waals surface area contributed by atoms with Crippen LogP contribution in [0.5, 0.6) is 0 Å². The van der Waals surface area contributed by atoms with Crippen molar-refractivity contribution in [3.8, 4) is 0 Å². The van der Waals surface area contributed by atoms with Crippen molar-refractivity contribution in [2.75, 3.05) is 32.7 Å². The molecule has 0 spiro atoms. The van der Waals surface area contributed by atoms with Crippen molar-refractivity contribution >= 4 is 12.1 Å². The molecule has 1 aromatic rings. The molecule has 7 heteroatoms. The Morgan fingerprint density at radius 1 is 1.20 bits per heavy atom. The highest BCUT2D eigenvalue weighted by Crippen LogP contribution is 2.12. The number of amides is 1. The van der Waals surface area contributed by atoms with Crippen LogP contribution in [0.25, 0.3) is 0 Å². The van der Waals surface area contributed by atoms with Crippen LogP contribution in [0.2, 0.25) is 0 Å². The molecule has 138 valence electrons. The highest BCUT2D eigenvalue weighted by atomic mass is 19.1. The van der Waals surface area contributed by atoms with E-state index in [1.807, 2.05) is 25.7 Å². The summed E-state index contributed by atoms with van der Waals surface area (Å²) in [5, 5.41) is 0. The Bertz CT molecular complexity index is 620. The molecule has 1 aromatic carbocycles. The van der Waals surface area contributed by atoms with Crippen LogP contribution in [0.15, 0.2) is 29.3 Å². The lowest BCUT2D eigenvalue weighted by Gasteiger charge is -2.36. The molecule has 25 heavy (non-hydrogen) atoms. The topological polar surface area (TPSA) is 71.2 Å². The van der Waals surface area contributed by atoms with Gasteiger partial charge in [0.1, 0.15) is 11.4 Å². The second kappa shape index (κ2) is 8.18. The smallest absolute Gasteiger partial charge is 0.410 e. The van der Waals surface area contributed by atoms with Crippen LogP contribution < -0.4 is 5.73 Å². The van der Waals surface area contributed by atoms with E-state index < -0.39 is 5.60 Å². The number of carbonyl (C=O) groups excluding carboxylic acids is 1. The van der Waals surface area contributed by atoms with Gasteiger partial charge < -0.3 is 20.3 Å². The molecular weight excluding hydrogens is 323 g/mol.